The average Bonchev–Trinajstić information content (AvgIpc) is 4.17. The zero-order valence-corrected chi connectivity index (χ0v) is 47.5. The number of hydrogen-bond acceptors (Lipinski definition) is 3. The van der Waals surface area contributed by atoms with Crippen LogP contribution in [-0.2, 0) is 32.5 Å². The topological polar surface area (TPSA) is 30.1 Å². The van der Waals surface area contributed by atoms with Gasteiger partial charge in [-0.1, -0.05) is 150 Å². The minimum absolute atomic E-state index is 0.0375. The molecule has 15 rings (SSSR count). The van der Waals surface area contributed by atoms with Crippen LogP contribution < -0.4 is 16.2 Å². The minimum atomic E-state index is -0.343. The van der Waals surface area contributed by atoms with Crippen molar-refractivity contribution in [1.29, 1.82) is 0 Å². The molecule has 1 aliphatic heterocycles. The van der Waals surface area contributed by atoms with E-state index < -0.39 is 0 Å². The lowest BCUT2D eigenvalue weighted by atomic mass is 9.57. The lowest BCUT2D eigenvalue weighted by Gasteiger charge is -2.42. The maximum Gasteiger partial charge on any atom is 0.197 e. The van der Waals surface area contributed by atoms with E-state index in [9.17, 15) is 0 Å². The summed E-state index contributed by atoms with van der Waals surface area (Å²) in [6.07, 6.45) is 4.64. The summed E-state index contributed by atoms with van der Waals surface area (Å²) in [6.45, 7) is 31.5. The van der Waals surface area contributed by atoms with Crippen LogP contribution >= 0.6 is 11.3 Å². The van der Waals surface area contributed by atoms with Crippen LogP contribution in [0.3, 0.4) is 0 Å². The van der Waals surface area contributed by atoms with E-state index >= 15 is 0 Å². The lowest BCUT2D eigenvalue weighted by molar-refractivity contribution is 0.332. The smallest absolute Gasteiger partial charge is 0.197 e. The first-order chi connectivity index (χ1) is 36.0. The van der Waals surface area contributed by atoms with Gasteiger partial charge in [0.1, 0.15) is 11.2 Å². The van der Waals surface area contributed by atoms with Gasteiger partial charge in [-0.05, 0) is 181 Å². The molecule has 0 spiro atoms. The van der Waals surface area contributed by atoms with Crippen molar-refractivity contribution in [2.75, 3.05) is 5.32 Å². The van der Waals surface area contributed by atoms with Gasteiger partial charge < -0.3 is 14.3 Å². The Balaban J connectivity index is 1.12. The SMILES string of the molecule is CC(C)(C)c1ccc(Nc2cc3c(cc2-c2c4c(c5c6cc7c(cc6n6c5c2[B]c2cc5sc8ccccc8c5cc2-6)C(C)(C)CCC7(C)C)-c2ccccc2C4(C)C)oc2cc4c(cc23)C(C)(C)CCC4(C)C)cc1. The third-order valence-electron chi connectivity index (χ3n) is 19.7. The third kappa shape index (κ3) is 6.30. The van der Waals surface area contributed by atoms with Gasteiger partial charge in [0, 0.05) is 75.3 Å². The zero-order chi connectivity index (χ0) is 52.5. The van der Waals surface area contributed by atoms with Gasteiger partial charge >= 0.3 is 0 Å². The van der Waals surface area contributed by atoms with Crippen LogP contribution in [0.1, 0.15) is 155 Å². The zero-order valence-electron chi connectivity index (χ0n) is 46.7. The molecule has 3 nitrogen and oxygen atoms in total. The highest BCUT2D eigenvalue weighted by molar-refractivity contribution is 7.26. The van der Waals surface area contributed by atoms with E-state index in [1.165, 1.54) is 120 Å². The van der Waals surface area contributed by atoms with Crippen LogP contribution in [0.15, 0.2) is 126 Å². The fourth-order valence-electron chi connectivity index (χ4n) is 14.9. The molecule has 0 amide bonds. The molecule has 11 aromatic rings. The number of benzene rings is 8. The van der Waals surface area contributed by atoms with E-state index in [0.717, 1.165) is 59.2 Å². The van der Waals surface area contributed by atoms with E-state index in [1.807, 2.05) is 11.3 Å². The number of thiophene rings is 1. The summed E-state index contributed by atoms with van der Waals surface area (Å²) in [5.74, 6) is 0. The summed E-state index contributed by atoms with van der Waals surface area (Å²) in [4.78, 5) is 0. The highest BCUT2D eigenvalue weighted by Crippen LogP contribution is 2.59. The quantitative estimate of drug-likeness (QED) is 0.179. The van der Waals surface area contributed by atoms with Crippen molar-refractivity contribution in [1.82, 2.24) is 4.57 Å². The molecule has 0 saturated carbocycles. The Hall–Kier alpha value is -6.56. The van der Waals surface area contributed by atoms with Gasteiger partial charge in [0.25, 0.3) is 0 Å². The molecule has 1 radical (unpaired) electrons. The van der Waals surface area contributed by atoms with Crippen LogP contribution in [-0.4, -0.2) is 11.8 Å². The summed E-state index contributed by atoms with van der Waals surface area (Å²) in [7, 11) is 2.58. The van der Waals surface area contributed by atoms with Crippen LogP contribution in [0, 0.1) is 0 Å². The van der Waals surface area contributed by atoms with Crippen LogP contribution in [0.4, 0.5) is 11.4 Å². The molecular weight excluding hydrogens is 940 g/mol. The number of anilines is 2. The first-order valence-corrected chi connectivity index (χ1v) is 28.9. The van der Waals surface area contributed by atoms with E-state index in [1.54, 1.807) is 0 Å². The number of rotatable bonds is 3. The number of furan rings is 1. The first kappa shape index (κ1) is 46.7. The van der Waals surface area contributed by atoms with Crippen molar-refractivity contribution in [3.05, 3.63) is 160 Å². The number of hydrogen-bond donors (Lipinski definition) is 1. The summed E-state index contributed by atoms with van der Waals surface area (Å²) >= 11 is 1.91. The van der Waals surface area contributed by atoms with E-state index in [4.69, 9.17) is 4.42 Å². The van der Waals surface area contributed by atoms with Gasteiger partial charge in [-0.3, -0.25) is 0 Å². The summed E-state index contributed by atoms with van der Waals surface area (Å²) in [5.41, 5.74) is 25.4. The largest absolute Gasteiger partial charge is 0.456 e. The monoisotopic (exact) mass is 1010 g/mol. The normalized spacial score (nSPS) is 18.2. The standard InChI is InChI=1S/C71H68BN2OS/c1-66(2,3)38-22-24-39(25-23-38)73-53-32-43-42-30-48-51(70(10,11)29-27-67(48,4)5)36-57(42)75-56(43)34-45(53)62-63-60(41-19-14-16-20-47(41)71(63,12)13)61-46-31-49-50(69(8,9)28-26-68(49,6)7)35-54(46)74-55-33-44-40-18-15-17-21-58(40)76-59(44)37-52(55)72-64(62)65(61)74/h14-25,30-37,73H,26-29H2,1-13H3. The third-order valence-corrected chi connectivity index (χ3v) is 20.8. The van der Waals surface area contributed by atoms with Crippen molar-refractivity contribution < 1.29 is 4.42 Å². The van der Waals surface area contributed by atoms with Crippen molar-refractivity contribution in [3.63, 3.8) is 0 Å². The highest BCUT2D eigenvalue weighted by atomic mass is 32.1. The number of nitrogens with one attached hydrogen (secondary N) is 1. The van der Waals surface area contributed by atoms with Gasteiger partial charge in [-0.2, -0.15) is 0 Å². The molecule has 5 heteroatoms. The van der Waals surface area contributed by atoms with Crippen LogP contribution in [0.25, 0.3) is 91.9 Å². The predicted octanol–water partition coefficient (Wildman–Crippen LogP) is 18.7. The van der Waals surface area contributed by atoms with Crippen molar-refractivity contribution in [2.24, 2.45) is 0 Å². The van der Waals surface area contributed by atoms with E-state index in [2.05, 4.69) is 228 Å². The average molecular weight is 1010 g/mol. The molecule has 4 aliphatic rings. The molecule has 0 saturated heterocycles. The number of nitrogens with zero attached hydrogens (tertiary/aromatic N) is 1. The second-order valence-corrected chi connectivity index (χ2v) is 28.8. The van der Waals surface area contributed by atoms with Crippen molar-refractivity contribution >= 4 is 105 Å². The predicted molar refractivity (Wildman–Crippen MR) is 328 cm³/mol. The number of fused-ring (bicyclic) bond motifs is 17. The minimum Gasteiger partial charge on any atom is -0.456 e. The van der Waals surface area contributed by atoms with Gasteiger partial charge in [0.05, 0.1) is 5.52 Å². The van der Waals surface area contributed by atoms with Gasteiger partial charge in [-0.15, -0.1) is 11.3 Å². The maximum atomic E-state index is 7.27. The second-order valence-electron chi connectivity index (χ2n) is 27.7. The molecule has 377 valence electrons. The fraction of sp³-hybridized carbons (Fsp3) is 0.324. The summed E-state index contributed by atoms with van der Waals surface area (Å²) in [6, 6.07) is 47.5. The molecule has 8 aromatic carbocycles. The summed E-state index contributed by atoms with van der Waals surface area (Å²) in [5, 5.41) is 11.9. The summed E-state index contributed by atoms with van der Waals surface area (Å²) < 4.78 is 12.6. The molecule has 0 unspecified atom stereocenters. The van der Waals surface area contributed by atoms with Gasteiger partial charge in [0.2, 0.25) is 0 Å². The molecule has 3 aliphatic carbocycles. The first-order valence-electron chi connectivity index (χ1n) is 28.1. The Morgan fingerprint density at radius 3 is 1.84 bits per heavy atom. The second kappa shape index (κ2) is 14.9. The Labute approximate surface area is 453 Å². The van der Waals surface area contributed by atoms with Crippen LogP contribution in [0.5, 0.6) is 0 Å². The van der Waals surface area contributed by atoms with Gasteiger partial charge in [-0.25, -0.2) is 0 Å². The fourth-order valence-corrected chi connectivity index (χ4v) is 16.1. The molecular formula is C71H68BN2OS. The molecule has 0 fully saturated rings. The Kier molecular flexibility index (Phi) is 9.17. The Morgan fingerprint density at radius 2 is 1.14 bits per heavy atom. The van der Waals surface area contributed by atoms with Crippen molar-refractivity contribution in [2.45, 2.75) is 148 Å². The molecule has 0 atom stereocenters. The Morgan fingerprint density at radius 1 is 0.539 bits per heavy atom. The molecule has 1 N–H and O–H groups in total. The van der Waals surface area contributed by atoms with Crippen LogP contribution in [0.2, 0.25) is 0 Å². The molecule has 0 bridgehead atoms. The molecule has 3 aromatic heterocycles. The number of aromatic nitrogens is 1. The maximum absolute atomic E-state index is 7.27. The van der Waals surface area contributed by atoms with E-state index in [0.29, 0.717) is 0 Å². The highest BCUT2D eigenvalue weighted by Gasteiger charge is 2.45. The lowest BCUT2D eigenvalue weighted by Crippen LogP contribution is -2.38. The molecule has 4 heterocycles. The van der Waals surface area contributed by atoms with Gasteiger partial charge in [0.15, 0.2) is 7.28 Å². The van der Waals surface area contributed by atoms with E-state index in [-0.39, 0.29) is 32.5 Å². The molecule has 76 heavy (non-hydrogen) atoms. The Bertz CT molecular complexity index is 4400. The van der Waals surface area contributed by atoms with Crippen molar-refractivity contribution in [3.8, 4) is 27.9 Å².